The Bertz CT molecular complexity index is 872. The normalized spacial score (nSPS) is 38.0. The van der Waals surface area contributed by atoms with Crippen molar-refractivity contribution in [2.75, 3.05) is 32.7 Å². The fraction of sp³-hybridized carbons (Fsp3) is 0.619. The third-order valence-electron chi connectivity index (χ3n) is 7.65. The van der Waals surface area contributed by atoms with E-state index in [1.807, 2.05) is 35.0 Å². The van der Waals surface area contributed by atoms with Crippen molar-refractivity contribution in [1.82, 2.24) is 4.90 Å². The van der Waals surface area contributed by atoms with E-state index in [1.165, 1.54) is 7.11 Å². The largest absolute Gasteiger partial charge is 0.497 e. The second-order valence-corrected chi connectivity index (χ2v) is 8.64. The molecule has 1 saturated carbocycles. The number of anilines is 1. The highest BCUT2D eigenvalue weighted by Crippen LogP contribution is 2.63. The van der Waals surface area contributed by atoms with Gasteiger partial charge in [-0.25, -0.2) is 4.79 Å². The zero-order valence-electron chi connectivity index (χ0n) is 16.5. The lowest BCUT2D eigenvalue weighted by atomic mass is 9.54. The van der Waals surface area contributed by atoms with Crippen molar-refractivity contribution in [1.29, 1.82) is 0 Å². The molecule has 1 N–H and O–H groups in total. The summed E-state index contributed by atoms with van der Waals surface area (Å²) in [5.41, 5.74) is -0.0618. The number of fused-ring (bicyclic) bond motifs is 1. The molecule has 3 heterocycles. The van der Waals surface area contributed by atoms with Crippen LogP contribution in [0.15, 0.2) is 18.2 Å². The maximum absolute atomic E-state index is 12.9. The van der Waals surface area contributed by atoms with Crippen molar-refractivity contribution in [2.24, 2.45) is 5.92 Å². The molecule has 0 aromatic heterocycles. The van der Waals surface area contributed by atoms with Crippen molar-refractivity contribution in [3.8, 4) is 5.75 Å². The number of ether oxygens (including phenoxy) is 2. The van der Waals surface area contributed by atoms with Gasteiger partial charge in [0.25, 0.3) is 0 Å². The minimum Gasteiger partial charge on any atom is -0.497 e. The van der Waals surface area contributed by atoms with Crippen LogP contribution in [0.3, 0.4) is 0 Å². The highest BCUT2D eigenvalue weighted by atomic mass is 16.5. The molecule has 3 fully saturated rings. The van der Waals surface area contributed by atoms with E-state index >= 15 is 0 Å². The van der Waals surface area contributed by atoms with E-state index in [1.54, 1.807) is 7.11 Å². The van der Waals surface area contributed by atoms with Crippen LogP contribution in [0.4, 0.5) is 5.69 Å². The minimum absolute atomic E-state index is 0.000719. The maximum atomic E-state index is 12.9. The van der Waals surface area contributed by atoms with Crippen LogP contribution in [-0.4, -0.2) is 67.4 Å². The van der Waals surface area contributed by atoms with Crippen molar-refractivity contribution in [3.05, 3.63) is 23.8 Å². The number of nitrogens with zero attached hydrogens (tertiary/aromatic N) is 2. The predicted octanol–water partition coefficient (Wildman–Crippen LogP) is 1.07. The fourth-order valence-corrected chi connectivity index (χ4v) is 6.83. The molecule has 7 nitrogen and oxygen atoms in total. The van der Waals surface area contributed by atoms with Gasteiger partial charge in [-0.1, -0.05) is 6.07 Å². The summed E-state index contributed by atoms with van der Waals surface area (Å²) < 4.78 is 10.5. The Morgan fingerprint density at radius 3 is 2.82 bits per heavy atom. The highest BCUT2D eigenvalue weighted by Gasteiger charge is 2.73. The topological polar surface area (TPSA) is 79.3 Å². The van der Waals surface area contributed by atoms with Gasteiger partial charge in [0.05, 0.1) is 20.3 Å². The number of benzene rings is 1. The smallest absolute Gasteiger partial charge is 0.340 e. The molecule has 0 radical (unpaired) electrons. The average Bonchev–Trinajstić information content (AvgIpc) is 3.22. The molecule has 4 aliphatic rings. The number of aliphatic hydroxyl groups is 1. The van der Waals surface area contributed by atoms with Gasteiger partial charge in [0, 0.05) is 43.2 Å². The van der Waals surface area contributed by atoms with Crippen LogP contribution in [-0.2, 0) is 19.7 Å². The number of carbonyl (C=O) groups excluding carboxylic acids is 2. The molecular formula is C21H26N2O5. The Balaban J connectivity index is 1.76. The molecule has 2 saturated heterocycles. The molecule has 1 aromatic carbocycles. The number of likely N-dealkylation sites (N-methyl/N-ethyl adjacent to an activating group) is 1. The predicted molar refractivity (Wildman–Crippen MR) is 101 cm³/mol. The standard InChI is InChI=1S/C21H26N2O5/c1-22-15-10-13(27-2)5-6-14(15)20-8-9-23-16(24)7-4-12(17(20)23)11-21(26,18(20)22)19(25)28-3/h5-6,10,12,17-18,26H,4,7-9,11H2,1-3H3/t12-,17-,18+,20+,21+/m0/s1. The molecule has 3 aliphatic heterocycles. The SMILES string of the molecule is COC(=O)[C@@]1(O)C[C@@H]2CCC(=O)N3CC[C@@]4(c5ccc(OC)cc5N(C)[C@H]41)[C@H]23. The summed E-state index contributed by atoms with van der Waals surface area (Å²) in [5, 5.41) is 11.7. The van der Waals surface area contributed by atoms with Crippen LogP contribution in [0.5, 0.6) is 5.75 Å². The van der Waals surface area contributed by atoms with Gasteiger partial charge in [-0.05, 0) is 36.8 Å². The zero-order chi connectivity index (χ0) is 19.8. The number of hydrogen-bond donors (Lipinski definition) is 1. The summed E-state index contributed by atoms with van der Waals surface area (Å²) in [6.45, 7) is 0.660. The van der Waals surface area contributed by atoms with Gasteiger partial charge in [0.15, 0.2) is 5.60 Å². The summed E-state index contributed by atoms with van der Waals surface area (Å²) in [4.78, 5) is 29.5. The van der Waals surface area contributed by atoms with Crippen molar-refractivity contribution < 1.29 is 24.2 Å². The summed E-state index contributed by atoms with van der Waals surface area (Å²) in [5.74, 6) is 0.401. The average molecular weight is 386 g/mol. The van der Waals surface area contributed by atoms with Gasteiger partial charge in [-0.2, -0.15) is 0 Å². The summed E-state index contributed by atoms with van der Waals surface area (Å²) in [6, 6.07) is 5.46. The third kappa shape index (κ3) is 1.88. The molecule has 150 valence electrons. The lowest BCUT2D eigenvalue weighted by Gasteiger charge is -2.56. The molecule has 5 atom stereocenters. The van der Waals surface area contributed by atoms with Gasteiger partial charge in [0.2, 0.25) is 5.91 Å². The van der Waals surface area contributed by atoms with E-state index in [-0.39, 0.29) is 17.9 Å². The molecule has 1 aliphatic carbocycles. The molecule has 0 unspecified atom stereocenters. The molecule has 28 heavy (non-hydrogen) atoms. The first-order valence-electron chi connectivity index (χ1n) is 9.90. The number of amides is 1. The van der Waals surface area contributed by atoms with E-state index < -0.39 is 23.0 Å². The van der Waals surface area contributed by atoms with E-state index in [9.17, 15) is 14.7 Å². The third-order valence-corrected chi connectivity index (χ3v) is 7.65. The molecule has 7 heteroatoms. The first-order chi connectivity index (χ1) is 13.4. The lowest BCUT2D eigenvalue weighted by molar-refractivity contribution is -0.178. The van der Waals surface area contributed by atoms with Gasteiger partial charge >= 0.3 is 5.97 Å². The maximum Gasteiger partial charge on any atom is 0.340 e. The van der Waals surface area contributed by atoms with Gasteiger partial charge in [-0.3, -0.25) is 4.79 Å². The van der Waals surface area contributed by atoms with E-state index in [0.717, 1.165) is 23.4 Å². The highest BCUT2D eigenvalue weighted by molar-refractivity contribution is 5.86. The fourth-order valence-electron chi connectivity index (χ4n) is 6.83. The van der Waals surface area contributed by atoms with E-state index in [2.05, 4.69) is 0 Å². The molecule has 0 bridgehead atoms. The van der Waals surface area contributed by atoms with E-state index in [4.69, 9.17) is 9.47 Å². The zero-order valence-corrected chi connectivity index (χ0v) is 16.5. The summed E-state index contributed by atoms with van der Waals surface area (Å²) >= 11 is 0. The monoisotopic (exact) mass is 386 g/mol. The van der Waals surface area contributed by atoms with E-state index in [0.29, 0.717) is 25.8 Å². The Kier molecular flexibility index (Phi) is 3.58. The van der Waals surface area contributed by atoms with Crippen molar-refractivity contribution in [3.63, 3.8) is 0 Å². The number of carbonyl (C=O) groups is 2. The Labute approximate surface area is 164 Å². The Morgan fingerprint density at radius 1 is 1.32 bits per heavy atom. The van der Waals surface area contributed by atoms with Gasteiger partial charge in [-0.15, -0.1) is 0 Å². The number of rotatable bonds is 2. The van der Waals surface area contributed by atoms with Crippen molar-refractivity contribution in [2.45, 2.75) is 48.8 Å². The molecule has 1 spiro atoms. The van der Waals surface area contributed by atoms with Gasteiger partial charge in [0.1, 0.15) is 5.75 Å². The molecule has 1 aromatic rings. The summed E-state index contributed by atoms with van der Waals surface area (Å²) in [7, 11) is 4.87. The quantitative estimate of drug-likeness (QED) is 0.766. The first kappa shape index (κ1) is 17.8. The van der Waals surface area contributed by atoms with Crippen LogP contribution in [0.2, 0.25) is 0 Å². The van der Waals surface area contributed by atoms with Crippen LogP contribution in [0.25, 0.3) is 0 Å². The molecular weight excluding hydrogens is 360 g/mol. The van der Waals surface area contributed by atoms with Gasteiger partial charge < -0.3 is 24.4 Å². The number of methoxy groups -OCH3 is 2. The molecule has 5 rings (SSSR count). The second kappa shape index (κ2) is 5.63. The number of hydrogen-bond acceptors (Lipinski definition) is 6. The Morgan fingerprint density at radius 2 is 2.11 bits per heavy atom. The number of piperidine rings is 1. The van der Waals surface area contributed by atoms with Crippen LogP contribution < -0.4 is 9.64 Å². The first-order valence-corrected chi connectivity index (χ1v) is 9.90. The second-order valence-electron chi connectivity index (χ2n) is 8.64. The van der Waals surface area contributed by atoms with Crippen LogP contribution >= 0.6 is 0 Å². The minimum atomic E-state index is -1.62. The Hall–Kier alpha value is -2.28. The lowest BCUT2D eigenvalue weighted by Crippen LogP contribution is -2.72. The molecule has 1 amide bonds. The number of esters is 1. The van der Waals surface area contributed by atoms with Crippen molar-refractivity contribution >= 4 is 17.6 Å². The van der Waals surface area contributed by atoms with Crippen LogP contribution in [0.1, 0.15) is 31.2 Å². The van der Waals surface area contributed by atoms with Crippen LogP contribution in [0, 0.1) is 5.92 Å². The summed E-state index contributed by atoms with van der Waals surface area (Å²) in [6.07, 6.45) is 2.22.